The summed E-state index contributed by atoms with van der Waals surface area (Å²) < 4.78 is 39.6. The highest BCUT2D eigenvalue weighted by Gasteiger charge is 2.34. The lowest BCUT2D eigenvalue weighted by molar-refractivity contribution is -0.910. The van der Waals surface area contributed by atoms with Crippen molar-refractivity contribution in [3.63, 3.8) is 0 Å². The van der Waals surface area contributed by atoms with Crippen LogP contribution in [0.2, 0.25) is 0 Å². The van der Waals surface area contributed by atoms with Crippen molar-refractivity contribution < 1.29 is 22.9 Å². The lowest BCUT2D eigenvalue weighted by atomic mass is 10.2. The summed E-state index contributed by atoms with van der Waals surface area (Å²) in [5.41, 5.74) is 0.350. The third kappa shape index (κ3) is 4.02. The molecule has 4 rings (SSSR count). The Kier molecular flexibility index (Phi) is 5.07. The average molecular weight is 406 g/mol. The van der Waals surface area contributed by atoms with Crippen LogP contribution in [-0.2, 0) is 11.0 Å². The number of halogens is 3. The highest BCUT2D eigenvalue weighted by Crippen LogP contribution is 2.31. The molecular formula is C20H19F3N3OS+. The van der Waals surface area contributed by atoms with Gasteiger partial charge in [0.05, 0.1) is 22.3 Å². The molecule has 146 valence electrons. The second-order valence-corrected chi connectivity index (χ2v) is 7.99. The normalized spacial score (nSPS) is 19.8. The van der Waals surface area contributed by atoms with Crippen molar-refractivity contribution in [2.24, 2.45) is 0 Å². The van der Waals surface area contributed by atoms with Crippen molar-refractivity contribution >= 4 is 33.1 Å². The Hall–Kier alpha value is -2.45. The predicted molar refractivity (Wildman–Crippen MR) is 102 cm³/mol. The number of nitrogens with one attached hydrogen (secondary N) is 2. The number of amides is 1. The number of carbonyl (C=O) groups excluding carboxylic acids is 1. The molecule has 2 aromatic carbocycles. The zero-order valence-electron chi connectivity index (χ0n) is 14.9. The van der Waals surface area contributed by atoms with E-state index in [1.54, 1.807) is 11.3 Å². The van der Waals surface area contributed by atoms with Crippen LogP contribution in [0.25, 0.3) is 10.2 Å². The number of hydrogen-bond acceptors (Lipinski definition) is 3. The summed E-state index contributed by atoms with van der Waals surface area (Å²) in [6.45, 7) is 1.05. The third-order valence-electron chi connectivity index (χ3n) is 4.95. The summed E-state index contributed by atoms with van der Waals surface area (Å²) in [6.07, 6.45) is -2.49. The van der Waals surface area contributed by atoms with E-state index < -0.39 is 11.7 Å². The monoisotopic (exact) mass is 406 g/mol. The Balaban J connectivity index is 1.45. The van der Waals surface area contributed by atoms with E-state index in [0.29, 0.717) is 0 Å². The SMILES string of the molecule is O=C(C[NH+]1CCC[C@H]1c1nc2ccccc2s1)Nc1cccc(C(F)(F)F)c1. The van der Waals surface area contributed by atoms with Gasteiger partial charge in [-0.25, -0.2) is 4.98 Å². The number of likely N-dealkylation sites (tertiary alicyclic amines) is 1. The molecule has 2 atom stereocenters. The van der Waals surface area contributed by atoms with Crippen molar-refractivity contribution in [2.45, 2.75) is 25.1 Å². The average Bonchev–Trinajstić information content (AvgIpc) is 3.27. The summed E-state index contributed by atoms with van der Waals surface area (Å²) in [6, 6.07) is 12.8. The van der Waals surface area contributed by atoms with Gasteiger partial charge in [0.2, 0.25) is 0 Å². The van der Waals surface area contributed by atoms with Gasteiger partial charge < -0.3 is 10.2 Å². The van der Waals surface area contributed by atoms with Gasteiger partial charge in [-0.15, -0.1) is 11.3 Å². The molecule has 1 aliphatic rings. The summed E-state index contributed by atoms with van der Waals surface area (Å²) in [4.78, 5) is 18.3. The molecule has 2 N–H and O–H groups in total. The lowest BCUT2D eigenvalue weighted by Gasteiger charge is -2.19. The number of alkyl halides is 3. The first-order valence-electron chi connectivity index (χ1n) is 9.07. The largest absolute Gasteiger partial charge is 0.416 e. The molecule has 0 bridgehead atoms. The highest BCUT2D eigenvalue weighted by atomic mass is 32.1. The molecule has 8 heteroatoms. The van der Waals surface area contributed by atoms with Crippen molar-refractivity contribution in [1.82, 2.24) is 4.98 Å². The second-order valence-electron chi connectivity index (χ2n) is 6.93. The van der Waals surface area contributed by atoms with Crippen LogP contribution in [0.4, 0.5) is 18.9 Å². The van der Waals surface area contributed by atoms with Crippen LogP contribution in [0.3, 0.4) is 0 Å². The quantitative estimate of drug-likeness (QED) is 0.695. The molecule has 28 heavy (non-hydrogen) atoms. The number of carbonyl (C=O) groups is 1. The number of aromatic nitrogens is 1. The number of benzene rings is 2. The minimum atomic E-state index is -4.43. The number of fused-ring (bicyclic) bond motifs is 1. The van der Waals surface area contributed by atoms with Crippen LogP contribution < -0.4 is 10.2 Å². The molecule has 1 aliphatic heterocycles. The Morgan fingerprint density at radius 2 is 2.04 bits per heavy atom. The van der Waals surface area contributed by atoms with Crippen LogP contribution in [0.15, 0.2) is 48.5 Å². The number of thiazole rings is 1. The number of hydrogen-bond donors (Lipinski definition) is 2. The van der Waals surface area contributed by atoms with Gasteiger partial charge in [0, 0.05) is 18.5 Å². The zero-order chi connectivity index (χ0) is 19.7. The topological polar surface area (TPSA) is 46.4 Å². The van der Waals surface area contributed by atoms with Crippen molar-refractivity contribution in [3.05, 3.63) is 59.1 Å². The van der Waals surface area contributed by atoms with Crippen molar-refractivity contribution in [3.8, 4) is 0 Å². The maximum atomic E-state index is 12.8. The van der Waals surface area contributed by atoms with Crippen LogP contribution in [0.1, 0.15) is 29.5 Å². The van der Waals surface area contributed by atoms with E-state index in [0.717, 1.165) is 51.6 Å². The van der Waals surface area contributed by atoms with Gasteiger partial charge in [-0.1, -0.05) is 18.2 Å². The van der Waals surface area contributed by atoms with Crippen LogP contribution >= 0.6 is 11.3 Å². The van der Waals surface area contributed by atoms with E-state index in [9.17, 15) is 18.0 Å². The molecule has 0 radical (unpaired) electrons. The van der Waals surface area contributed by atoms with E-state index in [1.807, 2.05) is 24.3 Å². The molecule has 1 fully saturated rings. The van der Waals surface area contributed by atoms with E-state index in [-0.39, 0.29) is 24.2 Å². The van der Waals surface area contributed by atoms with Gasteiger partial charge in [0.25, 0.3) is 5.91 Å². The molecule has 0 aliphatic carbocycles. The van der Waals surface area contributed by atoms with Gasteiger partial charge in [-0.3, -0.25) is 4.79 Å². The molecule has 1 aromatic heterocycles. The Morgan fingerprint density at radius 1 is 1.21 bits per heavy atom. The van der Waals surface area contributed by atoms with Gasteiger partial charge in [0.1, 0.15) is 6.04 Å². The first-order valence-corrected chi connectivity index (χ1v) is 9.89. The number of para-hydroxylation sites is 1. The summed E-state index contributed by atoms with van der Waals surface area (Å²) in [5.74, 6) is -0.290. The first-order chi connectivity index (χ1) is 13.4. The van der Waals surface area contributed by atoms with E-state index in [4.69, 9.17) is 4.98 Å². The maximum absolute atomic E-state index is 12.8. The smallest absolute Gasteiger partial charge is 0.321 e. The second kappa shape index (κ2) is 7.52. The van der Waals surface area contributed by atoms with Gasteiger partial charge in [0.15, 0.2) is 11.6 Å². The van der Waals surface area contributed by atoms with Crippen molar-refractivity contribution in [2.75, 3.05) is 18.4 Å². The lowest BCUT2D eigenvalue weighted by Crippen LogP contribution is -3.11. The molecule has 0 spiro atoms. The third-order valence-corrected chi connectivity index (χ3v) is 6.10. The van der Waals surface area contributed by atoms with Crippen LogP contribution in [0, 0.1) is 0 Å². The first kappa shape index (κ1) is 18.9. The molecule has 1 unspecified atom stereocenters. The van der Waals surface area contributed by atoms with Gasteiger partial charge >= 0.3 is 6.18 Å². The molecule has 1 amide bonds. The van der Waals surface area contributed by atoms with Crippen LogP contribution in [0.5, 0.6) is 0 Å². The predicted octanol–water partition coefficient (Wildman–Crippen LogP) is 3.67. The molecular weight excluding hydrogens is 387 g/mol. The highest BCUT2D eigenvalue weighted by molar-refractivity contribution is 7.18. The fourth-order valence-corrected chi connectivity index (χ4v) is 4.81. The minimum absolute atomic E-state index is 0.143. The van der Waals surface area contributed by atoms with E-state index in [2.05, 4.69) is 5.32 Å². The van der Waals surface area contributed by atoms with Crippen LogP contribution in [-0.4, -0.2) is 24.0 Å². The molecule has 0 saturated carbocycles. The van der Waals surface area contributed by atoms with Gasteiger partial charge in [-0.05, 0) is 30.3 Å². The summed E-state index contributed by atoms with van der Waals surface area (Å²) in [7, 11) is 0. The fourth-order valence-electron chi connectivity index (χ4n) is 3.65. The van der Waals surface area contributed by atoms with Crippen molar-refractivity contribution in [1.29, 1.82) is 0 Å². The molecule has 4 nitrogen and oxygen atoms in total. The summed E-state index contributed by atoms with van der Waals surface area (Å²) in [5, 5.41) is 3.62. The zero-order valence-corrected chi connectivity index (χ0v) is 15.7. The van der Waals surface area contributed by atoms with E-state index >= 15 is 0 Å². The number of nitrogens with zero attached hydrogens (tertiary/aromatic N) is 1. The summed E-state index contributed by atoms with van der Waals surface area (Å²) >= 11 is 1.65. The Morgan fingerprint density at radius 3 is 2.82 bits per heavy atom. The number of anilines is 1. The molecule has 3 aromatic rings. The van der Waals surface area contributed by atoms with E-state index in [1.165, 1.54) is 12.1 Å². The molecule has 2 heterocycles. The standard InChI is InChI=1S/C20H18F3N3OS/c21-20(22,23)13-5-3-6-14(11-13)24-18(27)12-26-10-4-8-16(26)19-25-15-7-1-2-9-17(15)28-19/h1-3,5-7,9,11,16H,4,8,10,12H2,(H,24,27)/p+1/t16-/m0/s1. The Labute approximate surface area is 164 Å². The number of rotatable bonds is 4. The maximum Gasteiger partial charge on any atom is 0.416 e. The number of quaternary nitrogens is 1. The van der Waals surface area contributed by atoms with Gasteiger partial charge in [-0.2, -0.15) is 13.2 Å². The molecule has 1 saturated heterocycles. The fraction of sp³-hybridized carbons (Fsp3) is 0.300. The minimum Gasteiger partial charge on any atom is -0.321 e. The Bertz CT molecular complexity index is 969.